The molecule has 5 rings (SSSR count). The number of benzene rings is 3. The van der Waals surface area contributed by atoms with Crippen LogP contribution in [0.3, 0.4) is 0 Å². The number of hydrogen-bond donors (Lipinski definition) is 1. The van der Waals surface area contributed by atoms with Crippen molar-refractivity contribution in [2.24, 2.45) is 0 Å². The number of fused-ring (bicyclic) bond motifs is 5. The van der Waals surface area contributed by atoms with Crippen LogP contribution in [0.2, 0.25) is 0 Å². The maximum absolute atomic E-state index is 13.5. The summed E-state index contributed by atoms with van der Waals surface area (Å²) in [5, 5.41) is 0. The van der Waals surface area contributed by atoms with Gasteiger partial charge in [0, 0.05) is 25.2 Å². The second kappa shape index (κ2) is 10.9. The van der Waals surface area contributed by atoms with Gasteiger partial charge in [0.25, 0.3) is 10.0 Å². The molecule has 0 amide bonds. The van der Waals surface area contributed by atoms with E-state index in [4.69, 9.17) is 4.74 Å². The minimum Gasteiger partial charge on any atom is -0.454 e. The number of nitrogens with one attached hydrogen (secondary N) is 1. The zero-order chi connectivity index (χ0) is 30.4. The van der Waals surface area contributed by atoms with Gasteiger partial charge in [-0.3, -0.25) is 0 Å². The predicted octanol–water partition coefficient (Wildman–Crippen LogP) is 6.73. The van der Waals surface area contributed by atoms with Crippen molar-refractivity contribution in [2.75, 3.05) is 16.7 Å². The fraction of sp³-hybridized carbons (Fsp3) is 0.303. The van der Waals surface area contributed by atoms with Gasteiger partial charge < -0.3 is 9.64 Å². The molecule has 9 heteroatoms. The first-order valence-electron chi connectivity index (χ1n) is 13.9. The summed E-state index contributed by atoms with van der Waals surface area (Å²) >= 11 is 0. The highest BCUT2D eigenvalue weighted by Crippen LogP contribution is 2.33. The molecule has 8 nitrogen and oxygen atoms in total. The minimum atomic E-state index is -4.13. The van der Waals surface area contributed by atoms with Crippen LogP contribution in [0.25, 0.3) is 11.3 Å². The summed E-state index contributed by atoms with van der Waals surface area (Å²) in [7, 11) is -2.22. The molecule has 1 aliphatic rings. The van der Waals surface area contributed by atoms with Crippen molar-refractivity contribution < 1.29 is 17.9 Å². The molecule has 0 aliphatic carbocycles. The minimum absolute atomic E-state index is 0.0584. The average Bonchev–Trinajstić information content (AvgIpc) is 2.91. The van der Waals surface area contributed by atoms with E-state index in [2.05, 4.69) is 47.6 Å². The maximum Gasteiger partial charge on any atom is 0.338 e. The lowest BCUT2D eigenvalue weighted by atomic mass is 9.84. The van der Waals surface area contributed by atoms with Gasteiger partial charge >= 0.3 is 5.97 Å². The van der Waals surface area contributed by atoms with Gasteiger partial charge in [0.15, 0.2) is 0 Å². The molecule has 1 atom stereocenters. The van der Waals surface area contributed by atoms with Crippen LogP contribution in [0.15, 0.2) is 71.6 Å². The van der Waals surface area contributed by atoms with Crippen LogP contribution in [0.1, 0.15) is 72.0 Å². The molecule has 4 bridgehead atoms. The zero-order valence-electron chi connectivity index (χ0n) is 25.0. The van der Waals surface area contributed by atoms with E-state index in [1.165, 1.54) is 18.2 Å². The zero-order valence-corrected chi connectivity index (χ0v) is 25.8. The molecule has 218 valence electrons. The van der Waals surface area contributed by atoms with Crippen molar-refractivity contribution in [3.63, 3.8) is 0 Å². The molecule has 1 N–H and O–H groups in total. The molecule has 2 heterocycles. The fourth-order valence-electron chi connectivity index (χ4n) is 5.23. The summed E-state index contributed by atoms with van der Waals surface area (Å²) in [6.45, 7) is 12.7. The van der Waals surface area contributed by atoms with Gasteiger partial charge in [-0.25, -0.2) is 22.9 Å². The number of carbonyl (C=O) groups excluding carboxylic acids is 1. The predicted molar refractivity (Wildman–Crippen MR) is 165 cm³/mol. The van der Waals surface area contributed by atoms with Gasteiger partial charge in [-0.05, 0) is 72.2 Å². The van der Waals surface area contributed by atoms with Crippen LogP contribution < -0.4 is 9.62 Å². The molecule has 4 aromatic rings. The van der Waals surface area contributed by atoms with Crippen molar-refractivity contribution >= 4 is 27.8 Å². The molecule has 42 heavy (non-hydrogen) atoms. The van der Waals surface area contributed by atoms with Crippen molar-refractivity contribution in [3.8, 4) is 11.3 Å². The normalized spacial score (nSPS) is 16.9. The van der Waals surface area contributed by atoms with Crippen LogP contribution in [0.5, 0.6) is 0 Å². The topological polar surface area (TPSA) is 101 Å². The van der Waals surface area contributed by atoms with Crippen molar-refractivity contribution in [2.45, 2.75) is 64.5 Å². The number of carbonyl (C=O) groups is 1. The third-order valence-corrected chi connectivity index (χ3v) is 8.91. The van der Waals surface area contributed by atoms with Gasteiger partial charge in [0.2, 0.25) is 5.95 Å². The molecule has 0 unspecified atom stereocenters. The summed E-state index contributed by atoms with van der Waals surface area (Å²) in [6, 6.07) is 19.9. The highest BCUT2D eigenvalue weighted by atomic mass is 32.2. The van der Waals surface area contributed by atoms with E-state index >= 15 is 0 Å². The highest BCUT2D eigenvalue weighted by molar-refractivity contribution is 7.92. The van der Waals surface area contributed by atoms with Crippen molar-refractivity contribution in [1.82, 2.24) is 9.97 Å². The number of esters is 1. The number of nitrogens with zero attached hydrogens (tertiary/aromatic N) is 3. The molecule has 0 saturated carbocycles. The largest absolute Gasteiger partial charge is 0.454 e. The molecular formula is C33H36N4O4S. The lowest BCUT2D eigenvalue weighted by molar-refractivity contribution is 0.0336. The Hall–Kier alpha value is -4.24. The first-order chi connectivity index (χ1) is 19.7. The van der Waals surface area contributed by atoms with Crippen LogP contribution in [0, 0.1) is 13.8 Å². The Morgan fingerprint density at radius 3 is 2.33 bits per heavy atom. The summed E-state index contributed by atoms with van der Waals surface area (Å²) in [6.07, 6.45) is -0.579. The molecule has 0 fully saturated rings. The Bertz CT molecular complexity index is 1770. The summed E-state index contributed by atoms with van der Waals surface area (Å²) in [5.74, 6) is -0.125. The van der Waals surface area contributed by atoms with Gasteiger partial charge in [-0.15, -0.1) is 0 Å². The number of sulfonamides is 1. The SMILES string of the molecule is Cc1cccc(C)c1-c1cc2nc(n1)NS(=O)(=O)c1cccc(c1)C(=O)O[C@H](C)c1ccc(C(C)(C)C)cc1CN2C. The second-order valence-corrected chi connectivity index (χ2v) is 13.6. The number of ether oxygens (including phenoxy) is 1. The van der Waals surface area contributed by atoms with Crippen molar-refractivity contribution in [1.29, 1.82) is 0 Å². The molecule has 0 radical (unpaired) electrons. The fourth-order valence-corrected chi connectivity index (χ4v) is 6.22. The van der Waals surface area contributed by atoms with E-state index in [0.29, 0.717) is 18.1 Å². The van der Waals surface area contributed by atoms with Crippen LogP contribution in [-0.4, -0.2) is 31.4 Å². The molecule has 0 spiro atoms. The smallest absolute Gasteiger partial charge is 0.338 e. The third kappa shape index (κ3) is 5.87. The number of hydrogen-bond acceptors (Lipinski definition) is 7. The number of rotatable bonds is 1. The first-order valence-corrected chi connectivity index (χ1v) is 15.4. The van der Waals surface area contributed by atoms with Crippen LogP contribution >= 0.6 is 0 Å². The van der Waals surface area contributed by atoms with E-state index in [0.717, 1.165) is 33.4 Å². The van der Waals surface area contributed by atoms with E-state index in [1.54, 1.807) is 6.07 Å². The second-order valence-electron chi connectivity index (χ2n) is 11.9. The van der Waals surface area contributed by atoms with Crippen molar-refractivity contribution in [3.05, 3.63) is 100 Å². The van der Waals surface area contributed by atoms with Crippen LogP contribution in [0.4, 0.5) is 11.8 Å². The Labute approximate surface area is 247 Å². The van der Waals surface area contributed by atoms with Gasteiger partial charge in [-0.2, -0.15) is 4.98 Å². The highest BCUT2D eigenvalue weighted by Gasteiger charge is 2.25. The first kappa shape index (κ1) is 29.3. The van der Waals surface area contributed by atoms with E-state index in [-0.39, 0.29) is 21.8 Å². The Morgan fingerprint density at radius 1 is 0.952 bits per heavy atom. The van der Waals surface area contributed by atoms with Crippen LogP contribution in [-0.2, 0) is 26.7 Å². The molecule has 0 saturated heterocycles. The molecule has 1 aromatic heterocycles. The van der Waals surface area contributed by atoms with E-state index < -0.39 is 22.1 Å². The lowest BCUT2D eigenvalue weighted by Crippen LogP contribution is -2.22. The quantitative estimate of drug-likeness (QED) is 0.248. The summed E-state index contributed by atoms with van der Waals surface area (Å²) in [5.41, 5.74) is 6.57. The third-order valence-electron chi connectivity index (χ3n) is 7.58. The number of anilines is 2. The Balaban J connectivity index is 1.74. The van der Waals surface area contributed by atoms with Gasteiger partial charge in [0.1, 0.15) is 11.9 Å². The molecule has 3 aromatic carbocycles. The number of cyclic esters (lactones) is 1. The average molecular weight is 585 g/mol. The summed E-state index contributed by atoms with van der Waals surface area (Å²) in [4.78, 5) is 24.3. The monoisotopic (exact) mass is 584 g/mol. The van der Waals surface area contributed by atoms with Gasteiger partial charge in [0.05, 0.1) is 16.2 Å². The number of aryl methyl sites for hydroxylation is 2. The Morgan fingerprint density at radius 2 is 1.64 bits per heavy atom. The summed E-state index contributed by atoms with van der Waals surface area (Å²) < 4.78 is 35.4. The maximum atomic E-state index is 13.5. The van der Waals surface area contributed by atoms with E-state index in [9.17, 15) is 13.2 Å². The molecular weight excluding hydrogens is 548 g/mol. The van der Waals surface area contributed by atoms with Gasteiger partial charge in [-0.1, -0.05) is 63.2 Å². The number of aromatic nitrogens is 2. The lowest BCUT2D eigenvalue weighted by Gasteiger charge is -2.26. The van der Waals surface area contributed by atoms with E-state index in [1.807, 2.05) is 63.1 Å². The Kier molecular flexibility index (Phi) is 7.57. The standard InChI is InChI=1S/C33H36N4O4S/c1-20-10-8-11-21(2)30(20)28-18-29-35-32(34-28)36-42(39,40)26-13-9-12-23(17-26)31(38)41-22(3)27-15-14-25(33(4,5)6)16-24(27)19-37(29)7/h8-18,22H,19H2,1-7H3,(H,34,35,36)/t22-/m1/s1. The molecule has 1 aliphatic heterocycles.